The van der Waals surface area contributed by atoms with E-state index < -0.39 is 41.9 Å². The van der Waals surface area contributed by atoms with Crippen molar-refractivity contribution in [1.82, 2.24) is 15.1 Å². The fraction of sp³-hybridized carbons (Fsp3) is 0.323. The number of carboxylic acids is 1. The van der Waals surface area contributed by atoms with Crippen LogP contribution in [0.15, 0.2) is 64.3 Å². The van der Waals surface area contributed by atoms with Crippen LogP contribution in [0, 0.1) is 0 Å². The van der Waals surface area contributed by atoms with Crippen molar-refractivity contribution in [3.8, 4) is 5.75 Å². The quantitative estimate of drug-likeness (QED) is 0.271. The predicted octanol–water partition coefficient (Wildman–Crippen LogP) is 5.33. The number of Topliss-reactive ketones (excluding diaryl/α,β-unsaturated/α-hetero) is 1. The topological polar surface area (TPSA) is 129 Å². The number of nitrogens with one attached hydrogen (secondary N) is 1. The van der Waals surface area contributed by atoms with Crippen LogP contribution in [-0.4, -0.2) is 69.7 Å². The summed E-state index contributed by atoms with van der Waals surface area (Å²) in [7, 11) is 0. The Morgan fingerprint density at radius 3 is 2.49 bits per heavy atom. The number of amides is 3. The van der Waals surface area contributed by atoms with Crippen molar-refractivity contribution in [2.45, 2.75) is 44.9 Å². The van der Waals surface area contributed by atoms with Gasteiger partial charge in [-0.05, 0) is 73.0 Å². The molecule has 1 saturated heterocycles. The van der Waals surface area contributed by atoms with Gasteiger partial charge < -0.3 is 20.1 Å². The maximum absolute atomic E-state index is 14.4. The third-order valence-electron chi connectivity index (χ3n) is 6.95. The number of piperazine rings is 1. The van der Waals surface area contributed by atoms with Crippen molar-refractivity contribution in [2.24, 2.45) is 4.99 Å². The largest absolute Gasteiger partial charge is 0.487 e. The lowest BCUT2D eigenvalue weighted by molar-refractivity contribution is -0.136. The zero-order chi connectivity index (χ0) is 30.9. The Balaban J connectivity index is 1.69. The molecule has 2 aromatic carbocycles. The van der Waals surface area contributed by atoms with Crippen molar-refractivity contribution in [3.05, 3.63) is 86.6 Å². The normalized spacial score (nSPS) is 18.7. The fourth-order valence-electron chi connectivity index (χ4n) is 5.13. The van der Waals surface area contributed by atoms with Crippen LogP contribution in [0.2, 0.25) is 5.02 Å². The van der Waals surface area contributed by atoms with Crippen molar-refractivity contribution >= 4 is 52.5 Å². The van der Waals surface area contributed by atoms with E-state index in [0.717, 1.165) is 11.1 Å². The molecule has 1 aromatic heterocycles. The van der Waals surface area contributed by atoms with Gasteiger partial charge in [0, 0.05) is 23.7 Å². The summed E-state index contributed by atoms with van der Waals surface area (Å²) in [5.74, 6) is -1.48. The Labute approximate surface area is 257 Å². The number of ether oxygens (including phenoxy) is 1. The highest BCUT2D eigenvalue weighted by molar-refractivity contribution is 7.08. The third kappa shape index (κ3) is 6.73. The predicted molar refractivity (Wildman–Crippen MR) is 163 cm³/mol. The number of thiophene rings is 1. The highest BCUT2D eigenvalue weighted by Crippen LogP contribution is 2.46. The van der Waals surface area contributed by atoms with Gasteiger partial charge in [-0.25, -0.2) is 4.79 Å². The van der Waals surface area contributed by atoms with Gasteiger partial charge in [0.05, 0.1) is 11.6 Å². The Morgan fingerprint density at radius 1 is 1.12 bits per heavy atom. The fourth-order valence-corrected chi connectivity index (χ4v) is 5.94. The molecule has 0 aliphatic carbocycles. The molecule has 3 aromatic rings. The van der Waals surface area contributed by atoms with Gasteiger partial charge in [-0.2, -0.15) is 11.3 Å². The van der Waals surface area contributed by atoms with Gasteiger partial charge in [-0.15, -0.1) is 0 Å². The second-order valence-electron chi connectivity index (χ2n) is 11.3. The van der Waals surface area contributed by atoms with Crippen LogP contribution in [0.4, 0.5) is 4.79 Å². The van der Waals surface area contributed by atoms with Gasteiger partial charge in [0.1, 0.15) is 36.2 Å². The average Bonchev–Trinajstić information content (AvgIpc) is 3.60. The zero-order valence-electron chi connectivity index (χ0n) is 23.9. The van der Waals surface area contributed by atoms with Crippen LogP contribution in [0.5, 0.6) is 5.75 Å². The molecule has 0 unspecified atom stereocenters. The first kappa shape index (κ1) is 30.2. The number of aliphatic imine (C=N–C) groups is 1. The minimum Gasteiger partial charge on any atom is -0.487 e. The summed E-state index contributed by atoms with van der Waals surface area (Å²) >= 11 is 7.74. The molecule has 3 heterocycles. The van der Waals surface area contributed by atoms with Crippen LogP contribution < -0.4 is 10.1 Å². The zero-order valence-corrected chi connectivity index (χ0v) is 25.4. The molecule has 224 valence electrons. The van der Waals surface area contributed by atoms with Crippen LogP contribution in [0.25, 0.3) is 0 Å². The molecule has 2 aliphatic rings. The molecule has 2 aliphatic heterocycles. The van der Waals surface area contributed by atoms with E-state index in [0.29, 0.717) is 29.5 Å². The van der Waals surface area contributed by atoms with E-state index in [4.69, 9.17) is 21.3 Å². The average molecular weight is 623 g/mol. The highest BCUT2D eigenvalue weighted by Gasteiger charge is 2.45. The number of aliphatic carboxylic acids is 1. The number of carbonyl (C=O) groups excluding carboxylic acids is 3. The number of urea groups is 1. The molecule has 2 N–H and O–H groups in total. The smallest absolute Gasteiger partial charge is 0.326 e. The molecule has 43 heavy (non-hydrogen) atoms. The molecule has 3 amide bonds. The van der Waals surface area contributed by atoms with E-state index in [9.17, 15) is 24.3 Å². The van der Waals surface area contributed by atoms with Crippen LogP contribution in [0.1, 0.15) is 66.3 Å². The maximum Gasteiger partial charge on any atom is 0.326 e. The molecular formula is C31H31ClN4O6S. The lowest BCUT2D eigenvalue weighted by atomic mass is 9.95. The van der Waals surface area contributed by atoms with E-state index in [1.807, 2.05) is 49.7 Å². The van der Waals surface area contributed by atoms with E-state index in [1.165, 1.54) is 28.4 Å². The number of amidine groups is 1. The molecule has 2 atom stereocenters. The molecule has 5 rings (SSSR count). The summed E-state index contributed by atoms with van der Waals surface area (Å²) in [5.41, 5.74) is 1.61. The molecule has 10 nitrogen and oxygen atoms in total. The Morgan fingerprint density at radius 2 is 1.86 bits per heavy atom. The summed E-state index contributed by atoms with van der Waals surface area (Å²) in [6, 6.07) is 12.3. The van der Waals surface area contributed by atoms with Gasteiger partial charge in [-0.3, -0.25) is 24.3 Å². The van der Waals surface area contributed by atoms with Crippen LogP contribution in [0.3, 0.4) is 0 Å². The molecule has 0 saturated carbocycles. The standard InChI is InChI=1S/C31H31ClN4O6S/c1-31(2,3)42-24-14-19(23(37)15-26(39)40)6-9-22(24)29-34-27(20-10-13-43-17-20)28(18-4-7-21(32)8-5-18)36(29)30(41)35-12-11-33-25(38)16-35/h4-10,13-14,17,27-28H,11-12,15-16H2,1-3H3,(H,33,38)(H,39,40)/t27-,28+/m0/s1. The van der Waals surface area contributed by atoms with Crippen LogP contribution in [-0.2, 0) is 9.59 Å². The molecule has 0 spiro atoms. The third-order valence-corrected chi connectivity index (χ3v) is 7.90. The van der Waals surface area contributed by atoms with Crippen molar-refractivity contribution in [2.75, 3.05) is 19.6 Å². The Hall–Kier alpha value is -4.22. The first-order valence-electron chi connectivity index (χ1n) is 13.7. The first-order valence-corrected chi connectivity index (χ1v) is 15.0. The van der Waals surface area contributed by atoms with Crippen molar-refractivity contribution < 1.29 is 29.0 Å². The highest BCUT2D eigenvalue weighted by atomic mass is 35.5. The monoisotopic (exact) mass is 622 g/mol. The summed E-state index contributed by atoms with van der Waals surface area (Å²) in [6.45, 7) is 6.08. The van der Waals surface area contributed by atoms with Gasteiger partial charge >= 0.3 is 12.0 Å². The minimum atomic E-state index is -1.24. The lowest BCUT2D eigenvalue weighted by Gasteiger charge is -2.36. The number of hydrogen-bond acceptors (Lipinski definition) is 7. The van der Waals surface area contributed by atoms with E-state index in [1.54, 1.807) is 23.1 Å². The second kappa shape index (κ2) is 12.2. The number of nitrogens with zero attached hydrogens (tertiary/aromatic N) is 3. The summed E-state index contributed by atoms with van der Waals surface area (Å²) in [6.07, 6.45) is -0.671. The van der Waals surface area contributed by atoms with Gasteiger partial charge in [0.2, 0.25) is 5.91 Å². The maximum atomic E-state index is 14.4. The summed E-state index contributed by atoms with van der Waals surface area (Å²) in [5, 5.41) is 16.4. The van der Waals surface area contributed by atoms with Crippen molar-refractivity contribution in [3.63, 3.8) is 0 Å². The van der Waals surface area contributed by atoms with Crippen molar-refractivity contribution in [1.29, 1.82) is 0 Å². The molecule has 12 heteroatoms. The van der Waals surface area contributed by atoms with Gasteiger partial charge in [-0.1, -0.05) is 29.8 Å². The van der Waals surface area contributed by atoms with Crippen LogP contribution >= 0.6 is 22.9 Å². The number of carboxylic acid groups (broad SMARTS) is 1. The van der Waals surface area contributed by atoms with Gasteiger partial charge in [0.25, 0.3) is 0 Å². The number of rotatable bonds is 7. The Bertz CT molecular complexity index is 1580. The molecular weight excluding hydrogens is 592 g/mol. The lowest BCUT2D eigenvalue weighted by Crippen LogP contribution is -2.55. The number of carbonyl (C=O) groups is 4. The number of ketones is 1. The second-order valence-corrected chi connectivity index (χ2v) is 12.5. The number of halogens is 1. The minimum absolute atomic E-state index is 0.104. The first-order chi connectivity index (χ1) is 20.4. The van der Waals surface area contributed by atoms with E-state index in [2.05, 4.69) is 5.32 Å². The number of benzene rings is 2. The molecule has 0 radical (unpaired) electrons. The van der Waals surface area contributed by atoms with E-state index >= 15 is 0 Å². The SMILES string of the molecule is CC(C)(C)Oc1cc(C(=O)CC(=O)O)ccc1C1=N[C@@H](c2ccsc2)[C@@H](c2ccc(Cl)cc2)N1C(=O)N1CCNC(=O)C1. The summed E-state index contributed by atoms with van der Waals surface area (Å²) in [4.78, 5) is 58.9. The van der Waals surface area contributed by atoms with E-state index in [-0.39, 0.29) is 23.8 Å². The summed E-state index contributed by atoms with van der Waals surface area (Å²) < 4.78 is 6.30. The number of hydrogen-bond donors (Lipinski definition) is 2. The molecule has 1 fully saturated rings. The molecule has 0 bridgehead atoms. The van der Waals surface area contributed by atoms with Gasteiger partial charge in [0.15, 0.2) is 5.78 Å². The Kier molecular flexibility index (Phi) is 8.57.